The fraction of sp³-hybridized carbons (Fsp3) is 0.545. The van der Waals surface area contributed by atoms with E-state index in [2.05, 4.69) is 15.0 Å². The van der Waals surface area contributed by atoms with Crippen molar-refractivity contribution < 1.29 is 21.9 Å². The van der Waals surface area contributed by atoms with Crippen molar-refractivity contribution in [2.75, 3.05) is 26.2 Å². The predicted octanol–water partition coefficient (Wildman–Crippen LogP) is 0.585. The lowest BCUT2D eigenvalue weighted by atomic mass is 10.4. The SMILES string of the molecule is Cc1nc(OC(F)F)ccc1S(=O)(=O)N1CCNCC1. The van der Waals surface area contributed by atoms with Crippen LogP contribution in [0.4, 0.5) is 8.78 Å². The number of alkyl halides is 2. The normalized spacial score (nSPS) is 17.4. The van der Waals surface area contributed by atoms with Crippen molar-refractivity contribution in [1.82, 2.24) is 14.6 Å². The maximum Gasteiger partial charge on any atom is 0.388 e. The van der Waals surface area contributed by atoms with Gasteiger partial charge in [0.1, 0.15) is 4.90 Å². The van der Waals surface area contributed by atoms with E-state index in [1.54, 1.807) is 0 Å². The molecule has 1 aromatic heterocycles. The first-order valence-electron chi connectivity index (χ1n) is 6.04. The second kappa shape index (κ2) is 5.98. The Morgan fingerprint density at radius 1 is 1.35 bits per heavy atom. The first-order chi connectivity index (χ1) is 9.41. The van der Waals surface area contributed by atoms with Crippen LogP contribution in [0.15, 0.2) is 17.0 Å². The van der Waals surface area contributed by atoms with Crippen molar-refractivity contribution in [2.45, 2.75) is 18.4 Å². The van der Waals surface area contributed by atoms with Gasteiger partial charge in [0.2, 0.25) is 15.9 Å². The van der Waals surface area contributed by atoms with E-state index in [1.807, 2.05) is 0 Å². The predicted molar refractivity (Wildman–Crippen MR) is 67.2 cm³/mol. The third kappa shape index (κ3) is 3.22. The van der Waals surface area contributed by atoms with E-state index in [4.69, 9.17) is 0 Å². The molecule has 0 aliphatic carbocycles. The molecule has 1 saturated heterocycles. The number of rotatable bonds is 4. The molecule has 0 atom stereocenters. The number of nitrogens with zero attached hydrogens (tertiary/aromatic N) is 2. The molecule has 1 fully saturated rings. The lowest BCUT2D eigenvalue weighted by Crippen LogP contribution is -2.46. The van der Waals surface area contributed by atoms with Crippen LogP contribution in [0.3, 0.4) is 0 Å². The number of aromatic nitrogens is 1. The average molecular weight is 307 g/mol. The number of piperazine rings is 1. The maximum absolute atomic E-state index is 12.4. The zero-order valence-corrected chi connectivity index (χ0v) is 11.7. The Bertz CT molecular complexity index is 574. The van der Waals surface area contributed by atoms with Crippen LogP contribution in [0.2, 0.25) is 0 Å². The maximum atomic E-state index is 12.4. The second-order valence-electron chi connectivity index (χ2n) is 4.27. The molecule has 0 saturated carbocycles. The Hall–Kier alpha value is -1.32. The van der Waals surface area contributed by atoms with Gasteiger partial charge in [-0.3, -0.25) is 0 Å². The second-order valence-corrected chi connectivity index (χ2v) is 6.17. The van der Waals surface area contributed by atoms with Gasteiger partial charge in [-0.2, -0.15) is 13.1 Å². The summed E-state index contributed by atoms with van der Waals surface area (Å²) in [5.74, 6) is -0.295. The number of nitrogens with one attached hydrogen (secondary N) is 1. The van der Waals surface area contributed by atoms with Crippen LogP contribution in [-0.2, 0) is 10.0 Å². The van der Waals surface area contributed by atoms with Crippen molar-refractivity contribution in [3.63, 3.8) is 0 Å². The van der Waals surface area contributed by atoms with E-state index in [-0.39, 0.29) is 16.5 Å². The molecule has 0 radical (unpaired) electrons. The van der Waals surface area contributed by atoms with E-state index in [0.717, 1.165) is 6.07 Å². The molecule has 1 aliphatic heterocycles. The van der Waals surface area contributed by atoms with Crippen LogP contribution < -0.4 is 10.1 Å². The van der Waals surface area contributed by atoms with Crippen LogP contribution in [0.5, 0.6) is 5.88 Å². The zero-order chi connectivity index (χ0) is 14.8. The number of pyridine rings is 1. The molecule has 1 N–H and O–H groups in total. The molecule has 1 aromatic rings. The summed E-state index contributed by atoms with van der Waals surface area (Å²) in [5.41, 5.74) is 0.140. The van der Waals surface area contributed by atoms with E-state index in [0.29, 0.717) is 26.2 Å². The van der Waals surface area contributed by atoms with Gasteiger partial charge in [-0.25, -0.2) is 13.4 Å². The zero-order valence-electron chi connectivity index (χ0n) is 10.8. The van der Waals surface area contributed by atoms with Gasteiger partial charge in [0.05, 0.1) is 5.69 Å². The minimum atomic E-state index is -3.65. The van der Waals surface area contributed by atoms with Crippen molar-refractivity contribution in [3.05, 3.63) is 17.8 Å². The van der Waals surface area contributed by atoms with Crippen molar-refractivity contribution in [3.8, 4) is 5.88 Å². The van der Waals surface area contributed by atoms with E-state index in [9.17, 15) is 17.2 Å². The molecule has 2 heterocycles. The van der Waals surface area contributed by atoms with Gasteiger partial charge < -0.3 is 10.1 Å². The highest BCUT2D eigenvalue weighted by molar-refractivity contribution is 7.89. The van der Waals surface area contributed by atoms with Gasteiger partial charge in [-0.1, -0.05) is 0 Å². The van der Waals surface area contributed by atoms with Crippen LogP contribution in [0, 0.1) is 6.92 Å². The lowest BCUT2D eigenvalue weighted by Gasteiger charge is -2.27. The molecule has 0 aromatic carbocycles. The smallest absolute Gasteiger partial charge is 0.388 e. The minimum absolute atomic E-state index is 0.0148. The van der Waals surface area contributed by atoms with Crippen LogP contribution >= 0.6 is 0 Å². The van der Waals surface area contributed by atoms with Crippen LogP contribution in [-0.4, -0.2) is 50.5 Å². The summed E-state index contributed by atoms with van der Waals surface area (Å²) >= 11 is 0. The highest BCUT2D eigenvalue weighted by atomic mass is 32.2. The Morgan fingerprint density at radius 3 is 2.55 bits per heavy atom. The van der Waals surface area contributed by atoms with Crippen molar-refractivity contribution in [1.29, 1.82) is 0 Å². The topological polar surface area (TPSA) is 71.5 Å². The third-order valence-corrected chi connectivity index (χ3v) is 4.95. The van der Waals surface area contributed by atoms with Gasteiger partial charge >= 0.3 is 6.61 Å². The molecular weight excluding hydrogens is 292 g/mol. The molecular formula is C11H15F2N3O3S. The molecule has 0 unspecified atom stereocenters. The molecule has 6 nitrogen and oxygen atoms in total. The number of halogens is 2. The summed E-state index contributed by atoms with van der Waals surface area (Å²) in [7, 11) is -3.65. The molecule has 0 amide bonds. The first kappa shape index (κ1) is 15.1. The Balaban J connectivity index is 2.27. The number of sulfonamides is 1. The molecule has 0 spiro atoms. The largest absolute Gasteiger partial charge is 0.417 e. The quantitative estimate of drug-likeness (QED) is 0.881. The van der Waals surface area contributed by atoms with Gasteiger partial charge in [0.25, 0.3) is 0 Å². The molecule has 20 heavy (non-hydrogen) atoms. The number of hydrogen-bond donors (Lipinski definition) is 1. The average Bonchev–Trinajstić information content (AvgIpc) is 2.38. The van der Waals surface area contributed by atoms with E-state index >= 15 is 0 Å². The highest BCUT2D eigenvalue weighted by Crippen LogP contribution is 2.22. The Morgan fingerprint density at radius 2 is 2.00 bits per heavy atom. The van der Waals surface area contributed by atoms with Crippen LogP contribution in [0.1, 0.15) is 5.69 Å². The first-order valence-corrected chi connectivity index (χ1v) is 7.48. The fourth-order valence-corrected chi connectivity index (χ4v) is 3.58. The van der Waals surface area contributed by atoms with Gasteiger partial charge in [-0.05, 0) is 13.0 Å². The fourth-order valence-electron chi connectivity index (χ4n) is 1.98. The van der Waals surface area contributed by atoms with E-state index < -0.39 is 16.6 Å². The number of hydrogen-bond acceptors (Lipinski definition) is 5. The van der Waals surface area contributed by atoms with Crippen LogP contribution in [0.25, 0.3) is 0 Å². The molecule has 112 valence electrons. The summed E-state index contributed by atoms with van der Waals surface area (Å²) in [6.07, 6.45) is 0. The number of aryl methyl sites for hydroxylation is 1. The third-order valence-electron chi connectivity index (χ3n) is 2.92. The molecule has 1 aliphatic rings. The summed E-state index contributed by atoms with van der Waals surface area (Å²) in [5, 5.41) is 3.06. The monoisotopic (exact) mass is 307 g/mol. The summed E-state index contributed by atoms with van der Waals surface area (Å²) < 4.78 is 54.5. The Labute approximate surface area is 115 Å². The van der Waals surface area contributed by atoms with Gasteiger partial charge in [0, 0.05) is 32.2 Å². The molecule has 2 rings (SSSR count). The lowest BCUT2D eigenvalue weighted by molar-refractivity contribution is -0.0529. The van der Waals surface area contributed by atoms with E-state index in [1.165, 1.54) is 17.3 Å². The number of ether oxygens (including phenoxy) is 1. The van der Waals surface area contributed by atoms with Gasteiger partial charge in [-0.15, -0.1) is 0 Å². The molecule has 0 bridgehead atoms. The van der Waals surface area contributed by atoms with Crippen molar-refractivity contribution >= 4 is 10.0 Å². The minimum Gasteiger partial charge on any atom is -0.417 e. The summed E-state index contributed by atoms with van der Waals surface area (Å²) in [6.45, 7) is 0.371. The standard InChI is InChI=1S/C11H15F2N3O3S/c1-8-9(2-3-10(15-8)19-11(12)13)20(17,18)16-6-4-14-5-7-16/h2-3,11,14H,4-7H2,1H3. The summed E-state index contributed by atoms with van der Waals surface area (Å²) in [6, 6.07) is 2.38. The Kier molecular flexibility index (Phi) is 4.51. The van der Waals surface area contributed by atoms with Gasteiger partial charge in [0.15, 0.2) is 0 Å². The summed E-state index contributed by atoms with van der Waals surface area (Å²) in [4.78, 5) is 3.77. The highest BCUT2D eigenvalue weighted by Gasteiger charge is 2.28. The molecule has 9 heteroatoms. The van der Waals surface area contributed by atoms with Crippen molar-refractivity contribution in [2.24, 2.45) is 0 Å².